The molecule has 1 heterocycles. The monoisotopic (exact) mass is 386 g/mol. The van der Waals surface area contributed by atoms with Crippen molar-refractivity contribution in [2.75, 3.05) is 30.5 Å². The van der Waals surface area contributed by atoms with Gasteiger partial charge in [0.25, 0.3) is 5.91 Å². The van der Waals surface area contributed by atoms with Gasteiger partial charge in [0.05, 0.1) is 23.9 Å². The highest BCUT2D eigenvalue weighted by Gasteiger charge is 2.16. The lowest BCUT2D eigenvalue weighted by Crippen LogP contribution is -2.23. The number of carbonyl (C=O) groups is 2. The summed E-state index contributed by atoms with van der Waals surface area (Å²) >= 11 is 6.26. The second kappa shape index (κ2) is 8.14. The predicted octanol–water partition coefficient (Wildman–Crippen LogP) is 3.90. The molecule has 2 aromatic rings. The van der Waals surface area contributed by atoms with E-state index >= 15 is 0 Å². The molecule has 6 nitrogen and oxygen atoms in total. The van der Waals surface area contributed by atoms with Crippen LogP contribution in [-0.4, -0.2) is 32.1 Å². The van der Waals surface area contributed by atoms with Gasteiger partial charge < -0.3 is 19.7 Å². The van der Waals surface area contributed by atoms with E-state index in [1.807, 2.05) is 0 Å². The zero-order valence-corrected chi connectivity index (χ0v) is 15.6. The molecule has 0 fully saturated rings. The van der Waals surface area contributed by atoms with Gasteiger partial charge in [0.15, 0.2) is 11.5 Å². The topological polar surface area (TPSA) is 67.9 Å². The molecule has 0 spiro atoms. The summed E-state index contributed by atoms with van der Waals surface area (Å²) in [6.45, 7) is 4.56. The standard InChI is InChI=1S/C20H19ClN2O4/c1-3-19(24)23(2)14-7-5-13(6-8-14)20(25)22-16-12-18-17(11-15(16)21)26-9-4-10-27-18/h3,5-8,11-12H,1,4,9-10H2,2H3,(H,22,25). The summed E-state index contributed by atoms with van der Waals surface area (Å²) in [6.07, 6.45) is 2.01. The lowest BCUT2D eigenvalue weighted by Gasteiger charge is -2.16. The molecule has 0 saturated heterocycles. The van der Waals surface area contributed by atoms with Crippen LogP contribution < -0.4 is 19.7 Å². The first-order valence-electron chi connectivity index (χ1n) is 8.40. The first-order valence-corrected chi connectivity index (χ1v) is 8.78. The number of likely N-dealkylation sites (N-methyl/N-ethyl adjacent to an activating group) is 1. The number of amides is 2. The molecule has 140 valence electrons. The Kier molecular flexibility index (Phi) is 5.66. The Morgan fingerprint density at radius 1 is 1.15 bits per heavy atom. The number of anilines is 2. The van der Waals surface area contributed by atoms with Crippen LogP contribution >= 0.6 is 11.6 Å². The van der Waals surface area contributed by atoms with Crippen LogP contribution in [0.2, 0.25) is 5.02 Å². The van der Waals surface area contributed by atoms with Crippen molar-refractivity contribution in [2.24, 2.45) is 0 Å². The predicted molar refractivity (Wildman–Crippen MR) is 105 cm³/mol. The van der Waals surface area contributed by atoms with E-state index in [0.29, 0.717) is 46.7 Å². The molecule has 27 heavy (non-hydrogen) atoms. The van der Waals surface area contributed by atoms with Crippen LogP contribution in [0.25, 0.3) is 0 Å². The van der Waals surface area contributed by atoms with Gasteiger partial charge in [-0.1, -0.05) is 18.2 Å². The van der Waals surface area contributed by atoms with E-state index in [9.17, 15) is 9.59 Å². The van der Waals surface area contributed by atoms with Gasteiger partial charge in [0.1, 0.15) is 0 Å². The summed E-state index contributed by atoms with van der Waals surface area (Å²) in [5, 5.41) is 3.14. The van der Waals surface area contributed by atoms with Crippen molar-refractivity contribution in [3.8, 4) is 11.5 Å². The van der Waals surface area contributed by atoms with Gasteiger partial charge in [-0.15, -0.1) is 0 Å². The Morgan fingerprint density at radius 3 is 2.41 bits per heavy atom. The number of rotatable bonds is 4. The molecule has 0 saturated carbocycles. The summed E-state index contributed by atoms with van der Waals surface area (Å²) in [5.74, 6) is 0.559. The molecule has 7 heteroatoms. The minimum Gasteiger partial charge on any atom is -0.490 e. The first-order chi connectivity index (χ1) is 13.0. The molecule has 1 aliphatic rings. The zero-order chi connectivity index (χ0) is 19.4. The van der Waals surface area contributed by atoms with Crippen molar-refractivity contribution in [1.82, 2.24) is 0 Å². The fraction of sp³-hybridized carbons (Fsp3) is 0.200. The average Bonchev–Trinajstić information content (AvgIpc) is 2.92. The normalized spacial score (nSPS) is 12.7. The lowest BCUT2D eigenvalue weighted by molar-refractivity contribution is -0.113. The number of hydrogen-bond donors (Lipinski definition) is 1. The lowest BCUT2D eigenvalue weighted by atomic mass is 10.1. The fourth-order valence-electron chi connectivity index (χ4n) is 2.57. The molecule has 2 aromatic carbocycles. The van der Waals surface area contributed by atoms with Crippen molar-refractivity contribution in [1.29, 1.82) is 0 Å². The number of nitrogens with zero attached hydrogens (tertiary/aromatic N) is 1. The second-order valence-corrected chi connectivity index (χ2v) is 6.34. The summed E-state index contributed by atoms with van der Waals surface area (Å²) in [4.78, 5) is 25.6. The largest absolute Gasteiger partial charge is 0.490 e. The maximum Gasteiger partial charge on any atom is 0.255 e. The van der Waals surface area contributed by atoms with Crippen LogP contribution in [0.3, 0.4) is 0 Å². The number of halogens is 1. The minimum atomic E-state index is -0.323. The molecule has 0 aromatic heterocycles. The van der Waals surface area contributed by atoms with Gasteiger partial charge in [0, 0.05) is 36.9 Å². The number of nitrogens with one attached hydrogen (secondary N) is 1. The van der Waals surface area contributed by atoms with Crippen LogP contribution in [0.4, 0.5) is 11.4 Å². The van der Waals surface area contributed by atoms with Crippen molar-refractivity contribution < 1.29 is 19.1 Å². The summed E-state index contributed by atoms with van der Waals surface area (Å²) < 4.78 is 11.2. The third-order valence-electron chi connectivity index (χ3n) is 4.11. The highest BCUT2D eigenvalue weighted by molar-refractivity contribution is 6.34. The molecule has 2 amide bonds. The van der Waals surface area contributed by atoms with Crippen LogP contribution in [-0.2, 0) is 4.79 Å². The molecule has 1 N–H and O–H groups in total. The van der Waals surface area contributed by atoms with E-state index in [2.05, 4.69) is 11.9 Å². The minimum absolute atomic E-state index is 0.230. The van der Waals surface area contributed by atoms with Gasteiger partial charge in [0.2, 0.25) is 5.91 Å². The van der Waals surface area contributed by atoms with Gasteiger partial charge in [-0.3, -0.25) is 9.59 Å². The third-order valence-corrected chi connectivity index (χ3v) is 4.42. The Balaban J connectivity index is 1.76. The maximum absolute atomic E-state index is 12.5. The Morgan fingerprint density at radius 2 is 1.78 bits per heavy atom. The number of ether oxygens (including phenoxy) is 2. The smallest absolute Gasteiger partial charge is 0.255 e. The van der Waals surface area contributed by atoms with E-state index in [0.717, 1.165) is 6.42 Å². The number of carbonyl (C=O) groups excluding carboxylic acids is 2. The van der Waals surface area contributed by atoms with Crippen molar-refractivity contribution in [3.63, 3.8) is 0 Å². The molecular weight excluding hydrogens is 368 g/mol. The van der Waals surface area contributed by atoms with Gasteiger partial charge in [-0.05, 0) is 30.3 Å². The quantitative estimate of drug-likeness (QED) is 0.809. The van der Waals surface area contributed by atoms with Crippen LogP contribution in [0, 0.1) is 0 Å². The number of fused-ring (bicyclic) bond motifs is 1. The first kappa shape index (κ1) is 18.8. The number of hydrogen-bond acceptors (Lipinski definition) is 4. The second-order valence-electron chi connectivity index (χ2n) is 5.93. The molecule has 3 rings (SSSR count). The SMILES string of the molecule is C=CC(=O)N(C)c1ccc(C(=O)Nc2cc3c(cc2Cl)OCCCO3)cc1. The third kappa shape index (κ3) is 4.23. The summed E-state index contributed by atoms with van der Waals surface area (Å²) in [7, 11) is 1.64. The Labute approximate surface area is 162 Å². The molecule has 0 atom stereocenters. The van der Waals surface area contributed by atoms with E-state index < -0.39 is 0 Å². The van der Waals surface area contributed by atoms with Crippen molar-refractivity contribution in [2.45, 2.75) is 6.42 Å². The van der Waals surface area contributed by atoms with Crippen molar-refractivity contribution >= 4 is 34.8 Å². The molecule has 0 unspecified atom stereocenters. The van der Waals surface area contributed by atoms with Crippen LogP contribution in [0.15, 0.2) is 49.1 Å². The van der Waals surface area contributed by atoms with Crippen molar-refractivity contribution in [3.05, 3.63) is 59.6 Å². The molecule has 0 radical (unpaired) electrons. The molecule has 1 aliphatic heterocycles. The van der Waals surface area contributed by atoms with Gasteiger partial charge in [-0.2, -0.15) is 0 Å². The number of benzene rings is 2. The average molecular weight is 387 g/mol. The van der Waals surface area contributed by atoms with E-state index in [-0.39, 0.29) is 11.8 Å². The fourth-order valence-corrected chi connectivity index (χ4v) is 2.78. The molecule has 0 aliphatic carbocycles. The summed E-state index contributed by atoms with van der Waals surface area (Å²) in [5.41, 5.74) is 1.53. The highest BCUT2D eigenvalue weighted by Crippen LogP contribution is 2.37. The highest BCUT2D eigenvalue weighted by atomic mass is 35.5. The maximum atomic E-state index is 12.5. The Hall–Kier alpha value is -2.99. The van der Waals surface area contributed by atoms with E-state index in [4.69, 9.17) is 21.1 Å². The zero-order valence-electron chi connectivity index (χ0n) is 14.8. The molecular formula is C20H19ClN2O4. The summed E-state index contributed by atoms with van der Waals surface area (Å²) in [6, 6.07) is 9.93. The Bertz CT molecular complexity index is 880. The van der Waals surface area contributed by atoms with E-state index in [1.54, 1.807) is 43.4 Å². The van der Waals surface area contributed by atoms with Crippen LogP contribution in [0.1, 0.15) is 16.8 Å². The molecule has 0 bridgehead atoms. The van der Waals surface area contributed by atoms with Crippen LogP contribution in [0.5, 0.6) is 11.5 Å². The van der Waals surface area contributed by atoms with Gasteiger partial charge >= 0.3 is 0 Å². The van der Waals surface area contributed by atoms with E-state index in [1.165, 1.54) is 11.0 Å². The van der Waals surface area contributed by atoms with Gasteiger partial charge in [-0.25, -0.2) is 0 Å².